The summed E-state index contributed by atoms with van der Waals surface area (Å²) in [7, 11) is 0. The zero-order valence-corrected chi connectivity index (χ0v) is 15.8. The molecule has 0 aliphatic rings. The van der Waals surface area contributed by atoms with Crippen LogP contribution < -0.4 is 5.56 Å². The second kappa shape index (κ2) is 7.64. The molecule has 0 atom stereocenters. The Labute approximate surface area is 154 Å². The smallest absolute Gasteiger partial charge is 0.266 e. The molecule has 3 rings (SSSR count). The first kappa shape index (κ1) is 17.4. The van der Waals surface area contributed by atoms with Gasteiger partial charge in [0.1, 0.15) is 0 Å². The van der Waals surface area contributed by atoms with Gasteiger partial charge in [0.15, 0.2) is 5.16 Å². The molecule has 0 saturated carbocycles. The second-order valence-electron chi connectivity index (χ2n) is 5.38. The predicted octanol–water partition coefficient (Wildman–Crippen LogP) is 4.80. The van der Waals surface area contributed by atoms with Crippen LogP contribution in [0.15, 0.2) is 52.4 Å². The van der Waals surface area contributed by atoms with Crippen LogP contribution in [0.3, 0.4) is 0 Å². The lowest BCUT2D eigenvalue weighted by molar-refractivity contribution is 0.819. The molecule has 0 spiro atoms. The number of hydrogen-bond acceptors (Lipinski definition) is 4. The summed E-state index contributed by atoms with van der Waals surface area (Å²) in [5.41, 5.74) is 2.53. The number of benzene rings is 2. The van der Waals surface area contributed by atoms with E-state index in [0.717, 1.165) is 22.8 Å². The van der Waals surface area contributed by atoms with E-state index in [2.05, 4.69) is 6.26 Å². The van der Waals surface area contributed by atoms with Gasteiger partial charge in [0, 0.05) is 16.5 Å². The molecule has 2 aromatic carbocycles. The van der Waals surface area contributed by atoms with E-state index in [9.17, 15) is 4.79 Å². The van der Waals surface area contributed by atoms with Crippen LogP contribution >= 0.6 is 35.1 Å². The van der Waals surface area contributed by atoms with Crippen molar-refractivity contribution in [3.8, 4) is 5.69 Å². The lowest BCUT2D eigenvalue weighted by atomic mass is 10.2. The van der Waals surface area contributed by atoms with Gasteiger partial charge in [0.05, 0.1) is 16.6 Å². The Morgan fingerprint density at radius 3 is 2.75 bits per heavy atom. The average Bonchev–Trinajstić information content (AvgIpc) is 2.55. The van der Waals surface area contributed by atoms with Gasteiger partial charge < -0.3 is 0 Å². The van der Waals surface area contributed by atoms with Crippen LogP contribution in [0.2, 0.25) is 5.02 Å². The van der Waals surface area contributed by atoms with Crippen LogP contribution in [0.5, 0.6) is 0 Å². The maximum Gasteiger partial charge on any atom is 0.266 e. The molecule has 0 bridgehead atoms. The van der Waals surface area contributed by atoms with Crippen molar-refractivity contribution in [1.82, 2.24) is 9.55 Å². The summed E-state index contributed by atoms with van der Waals surface area (Å²) in [6, 6.07) is 13.1. The molecule has 1 heterocycles. The Morgan fingerprint density at radius 1 is 1.17 bits per heavy atom. The fourth-order valence-corrected chi connectivity index (χ4v) is 4.28. The van der Waals surface area contributed by atoms with Crippen molar-refractivity contribution in [1.29, 1.82) is 0 Å². The van der Waals surface area contributed by atoms with Gasteiger partial charge in [0.25, 0.3) is 5.56 Å². The third kappa shape index (κ3) is 3.63. The first-order valence-electron chi connectivity index (χ1n) is 7.51. The fourth-order valence-electron chi connectivity index (χ4n) is 2.45. The van der Waals surface area contributed by atoms with Crippen LogP contribution in [-0.4, -0.2) is 27.3 Å². The molecule has 0 amide bonds. The average molecular weight is 377 g/mol. The molecule has 3 aromatic rings. The molecule has 0 aliphatic heterocycles. The van der Waals surface area contributed by atoms with Gasteiger partial charge in [-0.2, -0.15) is 11.8 Å². The topological polar surface area (TPSA) is 34.9 Å². The molecule has 6 heteroatoms. The molecule has 1 aromatic heterocycles. The quantitative estimate of drug-likeness (QED) is 0.364. The molecule has 0 N–H and O–H groups in total. The Balaban J connectivity index is 2.23. The van der Waals surface area contributed by atoms with Crippen molar-refractivity contribution in [3.05, 3.63) is 63.4 Å². The van der Waals surface area contributed by atoms with Gasteiger partial charge in [-0.25, -0.2) is 4.98 Å². The van der Waals surface area contributed by atoms with E-state index in [1.807, 2.05) is 31.2 Å². The van der Waals surface area contributed by atoms with Crippen LogP contribution in [0.1, 0.15) is 5.56 Å². The van der Waals surface area contributed by atoms with Gasteiger partial charge in [0.2, 0.25) is 0 Å². The highest BCUT2D eigenvalue weighted by molar-refractivity contribution is 8.02. The summed E-state index contributed by atoms with van der Waals surface area (Å²) < 4.78 is 1.70. The third-order valence-corrected chi connectivity index (χ3v) is 5.63. The van der Waals surface area contributed by atoms with Crippen LogP contribution in [-0.2, 0) is 0 Å². The second-order valence-corrected chi connectivity index (χ2v) is 7.86. The molecule has 124 valence electrons. The van der Waals surface area contributed by atoms with Crippen molar-refractivity contribution in [3.63, 3.8) is 0 Å². The maximum atomic E-state index is 13.1. The summed E-state index contributed by atoms with van der Waals surface area (Å²) in [5.74, 6) is 1.90. The molecule has 3 nitrogen and oxygen atoms in total. The van der Waals surface area contributed by atoms with Crippen molar-refractivity contribution in [2.24, 2.45) is 0 Å². The Hall–Kier alpha value is -1.43. The van der Waals surface area contributed by atoms with E-state index >= 15 is 0 Å². The van der Waals surface area contributed by atoms with Gasteiger partial charge in [-0.05, 0) is 49.1 Å². The van der Waals surface area contributed by atoms with E-state index in [4.69, 9.17) is 16.6 Å². The fraction of sp³-hybridized carbons (Fsp3) is 0.222. The molecular formula is C18H17ClN2OS2. The number of thioether (sulfide) groups is 2. The summed E-state index contributed by atoms with van der Waals surface area (Å²) >= 11 is 9.44. The first-order valence-corrected chi connectivity index (χ1v) is 10.3. The van der Waals surface area contributed by atoms with Crippen LogP contribution in [0, 0.1) is 6.92 Å². The maximum absolute atomic E-state index is 13.1. The summed E-state index contributed by atoms with van der Waals surface area (Å²) in [5, 5.41) is 1.87. The van der Waals surface area contributed by atoms with Crippen LogP contribution in [0.4, 0.5) is 0 Å². The lowest BCUT2D eigenvalue weighted by Crippen LogP contribution is -2.22. The molecule has 0 unspecified atom stereocenters. The highest BCUT2D eigenvalue weighted by Gasteiger charge is 2.13. The van der Waals surface area contributed by atoms with Crippen molar-refractivity contribution < 1.29 is 0 Å². The molecule has 0 saturated heterocycles. The molecule has 0 fully saturated rings. The highest BCUT2D eigenvalue weighted by atomic mass is 35.5. The monoisotopic (exact) mass is 376 g/mol. The highest BCUT2D eigenvalue weighted by Crippen LogP contribution is 2.23. The minimum absolute atomic E-state index is 0.0612. The normalized spacial score (nSPS) is 11.1. The molecular weight excluding hydrogens is 360 g/mol. The third-order valence-electron chi connectivity index (χ3n) is 3.58. The van der Waals surface area contributed by atoms with Crippen LogP contribution in [0.25, 0.3) is 16.6 Å². The summed E-state index contributed by atoms with van der Waals surface area (Å²) in [6.45, 7) is 2.02. The van der Waals surface area contributed by atoms with Gasteiger partial charge in [-0.1, -0.05) is 35.5 Å². The standard InChI is InChI=1S/C18H17ClN2OS2/c1-12-4-3-5-14(10-12)21-17(22)15-7-6-13(19)11-16(15)20-18(21)24-9-8-23-2/h3-7,10-11H,8-9H2,1-2H3. The Bertz CT molecular complexity index is 940. The first-order chi connectivity index (χ1) is 11.6. The number of fused-ring (bicyclic) bond motifs is 1. The minimum atomic E-state index is -0.0612. The minimum Gasteiger partial charge on any atom is -0.268 e. The Morgan fingerprint density at radius 2 is 2.00 bits per heavy atom. The number of aryl methyl sites for hydroxylation is 1. The molecule has 24 heavy (non-hydrogen) atoms. The van der Waals surface area contributed by atoms with E-state index in [0.29, 0.717) is 21.1 Å². The molecule has 0 aliphatic carbocycles. The number of rotatable bonds is 5. The lowest BCUT2D eigenvalue weighted by Gasteiger charge is -2.13. The number of hydrogen-bond donors (Lipinski definition) is 0. The van der Waals surface area contributed by atoms with E-state index in [1.165, 1.54) is 0 Å². The van der Waals surface area contributed by atoms with Gasteiger partial charge in [-0.3, -0.25) is 9.36 Å². The number of aromatic nitrogens is 2. The van der Waals surface area contributed by atoms with Gasteiger partial charge in [-0.15, -0.1) is 0 Å². The number of halogens is 1. The molecule has 0 radical (unpaired) electrons. The summed E-state index contributed by atoms with van der Waals surface area (Å²) in [6.07, 6.45) is 2.07. The summed E-state index contributed by atoms with van der Waals surface area (Å²) in [4.78, 5) is 17.8. The van der Waals surface area contributed by atoms with E-state index < -0.39 is 0 Å². The predicted molar refractivity (Wildman–Crippen MR) is 106 cm³/mol. The van der Waals surface area contributed by atoms with E-state index in [-0.39, 0.29) is 5.56 Å². The number of nitrogens with zero attached hydrogens (tertiary/aromatic N) is 2. The zero-order valence-electron chi connectivity index (χ0n) is 13.5. The van der Waals surface area contributed by atoms with Gasteiger partial charge >= 0.3 is 0 Å². The Kier molecular flexibility index (Phi) is 5.54. The van der Waals surface area contributed by atoms with Crippen molar-refractivity contribution >= 4 is 46.0 Å². The van der Waals surface area contributed by atoms with E-state index in [1.54, 1.807) is 46.3 Å². The zero-order chi connectivity index (χ0) is 17.1. The van der Waals surface area contributed by atoms with Crippen molar-refractivity contribution in [2.75, 3.05) is 17.8 Å². The van der Waals surface area contributed by atoms with Crippen molar-refractivity contribution in [2.45, 2.75) is 12.1 Å². The largest absolute Gasteiger partial charge is 0.268 e. The SMILES string of the molecule is CSCCSc1nc2cc(Cl)ccc2c(=O)n1-c1cccc(C)c1.